The molecule has 0 radical (unpaired) electrons. The number of likely N-dealkylation sites (tertiary alicyclic amines) is 1. The second kappa shape index (κ2) is 7.09. The number of aromatic nitrogens is 2. The maximum atomic E-state index is 11.6. The van der Waals surface area contributed by atoms with Crippen LogP contribution in [-0.4, -0.2) is 34.5 Å². The first-order valence-electron chi connectivity index (χ1n) is 8.47. The zero-order valence-corrected chi connectivity index (χ0v) is 14.0. The topological polar surface area (TPSA) is 49.0 Å². The Labute approximate surface area is 137 Å². The summed E-state index contributed by atoms with van der Waals surface area (Å²) in [6, 6.07) is 12.4. The van der Waals surface area contributed by atoms with Crippen molar-refractivity contribution in [2.24, 2.45) is 0 Å². The van der Waals surface area contributed by atoms with Crippen molar-refractivity contribution in [2.45, 2.75) is 38.5 Å². The Balaban J connectivity index is 1.57. The first-order chi connectivity index (χ1) is 11.1. The average Bonchev–Trinajstić information content (AvgIpc) is 2.55. The van der Waals surface area contributed by atoms with Gasteiger partial charge in [-0.1, -0.05) is 37.3 Å². The van der Waals surface area contributed by atoms with Crippen molar-refractivity contribution in [1.29, 1.82) is 0 Å². The second-order valence-corrected chi connectivity index (χ2v) is 6.64. The van der Waals surface area contributed by atoms with Crippen molar-refractivity contribution in [2.75, 3.05) is 19.6 Å². The summed E-state index contributed by atoms with van der Waals surface area (Å²) in [5, 5.41) is 0. The van der Waals surface area contributed by atoms with Gasteiger partial charge in [0.05, 0.1) is 5.69 Å². The highest BCUT2D eigenvalue weighted by Gasteiger charge is 2.23. The number of piperidine rings is 1. The minimum Gasteiger partial charge on any atom is -0.311 e. The molecule has 4 nitrogen and oxygen atoms in total. The van der Waals surface area contributed by atoms with Crippen LogP contribution in [0.1, 0.15) is 48.7 Å². The molecule has 4 heteroatoms. The number of aromatic amines is 1. The van der Waals surface area contributed by atoms with E-state index in [-0.39, 0.29) is 5.56 Å². The molecule has 0 amide bonds. The van der Waals surface area contributed by atoms with Gasteiger partial charge in [-0.3, -0.25) is 4.79 Å². The van der Waals surface area contributed by atoms with Crippen molar-refractivity contribution >= 4 is 0 Å². The molecule has 0 unspecified atom stereocenters. The number of aryl methyl sites for hydroxylation is 1. The van der Waals surface area contributed by atoms with Gasteiger partial charge in [0.2, 0.25) is 0 Å². The highest BCUT2D eigenvalue weighted by molar-refractivity contribution is 5.19. The van der Waals surface area contributed by atoms with Crippen LogP contribution in [-0.2, 0) is 0 Å². The molecule has 122 valence electrons. The molecule has 1 aromatic carbocycles. The molecule has 1 aromatic heterocycles. The molecule has 0 aliphatic carbocycles. The average molecular weight is 311 g/mol. The number of nitrogens with zero attached hydrogens (tertiary/aromatic N) is 2. The highest BCUT2D eigenvalue weighted by Crippen LogP contribution is 2.27. The van der Waals surface area contributed by atoms with Crippen LogP contribution in [0.2, 0.25) is 0 Å². The summed E-state index contributed by atoms with van der Waals surface area (Å²) in [4.78, 5) is 21.4. The quantitative estimate of drug-likeness (QED) is 0.944. The van der Waals surface area contributed by atoms with Crippen LogP contribution in [0.5, 0.6) is 0 Å². The molecule has 1 fully saturated rings. The van der Waals surface area contributed by atoms with Gasteiger partial charge in [0.15, 0.2) is 0 Å². The SMILES string of the molecule is Cc1nc(C2CCN(C[C@@H](C)c3ccccc3)CC2)cc(=O)[nH]1. The third-order valence-corrected chi connectivity index (χ3v) is 4.79. The Morgan fingerprint density at radius 2 is 1.96 bits per heavy atom. The van der Waals surface area contributed by atoms with E-state index in [9.17, 15) is 4.79 Å². The van der Waals surface area contributed by atoms with Crippen molar-refractivity contribution < 1.29 is 0 Å². The van der Waals surface area contributed by atoms with E-state index >= 15 is 0 Å². The lowest BCUT2D eigenvalue weighted by Gasteiger charge is -2.33. The third kappa shape index (κ3) is 4.08. The fourth-order valence-electron chi connectivity index (χ4n) is 3.50. The summed E-state index contributed by atoms with van der Waals surface area (Å²) in [5.41, 5.74) is 2.33. The predicted octanol–water partition coefficient (Wildman–Crippen LogP) is 3.06. The summed E-state index contributed by atoms with van der Waals surface area (Å²) >= 11 is 0. The fraction of sp³-hybridized carbons (Fsp3) is 0.474. The van der Waals surface area contributed by atoms with E-state index in [4.69, 9.17) is 0 Å². The minimum atomic E-state index is -0.0346. The Bertz CT molecular complexity index is 687. The number of H-pyrrole nitrogens is 1. The van der Waals surface area contributed by atoms with E-state index in [1.54, 1.807) is 6.07 Å². The molecular weight excluding hydrogens is 286 g/mol. The molecule has 1 atom stereocenters. The lowest BCUT2D eigenvalue weighted by molar-refractivity contribution is 0.202. The van der Waals surface area contributed by atoms with Gasteiger partial charge in [-0.25, -0.2) is 4.98 Å². The number of hydrogen-bond donors (Lipinski definition) is 1. The Morgan fingerprint density at radius 3 is 2.61 bits per heavy atom. The van der Waals surface area contributed by atoms with Gasteiger partial charge < -0.3 is 9.88 Å². The van der Waals surface area contributed by atoms with Gasteiger partial charge in [-0.15, -0.1) is 0 Å². The fourth-order valence-corrected chi connectivity index (χ4v) is 3.50. The first-order valence-corrected chi connectivity index (χ1v) is 8.47. The zero-order valence-electron chi connectivity index (χ0n) is 14.0. The van der Waals surface area contributed by atoms with E-state index in [0.717, 1.165) is 38.2 Å². The number of hydrogen-bond acceptors (Lipinski definition) is 3. The lowest BCUT2D eigenvalue weighted by Crippen LogP contribution is -2.36. The number of benzene rings is 1. The minimum absolute atomic E-state index is 0.0346. The van der Waals surface area contributed by atoms with Crippen LogP contribution in [0.3, 0.4) is 0 Å². The van der Waals surface area contributed by atoms with Gasteiger partial charge in [0, 0.05) is 18.5 Å². The molecule has 2 heterocycles. The second-order valence-electron chi connectivity index (χ2n) is 6.64. The molecule has 1 N–H and O–H groups in total. The molecule has 0 spiro atoms. The zero-order chi connectivity index (χ0) is 16.2. The molecular formula is C19H25N3O. The number of rotatable bonds is 4. The van der Waals surface area contributed by atoms with Gasteiger partial charge in [0.25, 0.3) is 5.56 Å². The maximum Gasteiger partial charge on any atom is 0.251 e. The van der Waals surface area contributed by atoms with Gasteiger partial charge >= 0.3 is 0 Å². The van der Waals surface area contributed by atoms with Crippen LogP contribution < -0.4 is 5.56 Å². The Hall–Kier alpha value is -1.94. The van der Waals surface area contributed by atoms with E-state index in [2.05, 4.69) is 52.1 Å². The van der Waals surface area contributed by atoms with E-state index in [1.807, 2.05) is 6.92 Å². The summed E-state index contributed by atoms with van der Waals surface area (Å²) in [6.07, 6.45) is 2.16. The van der Waals surface area contributed by atoms with Crippen molar-refractivity contribution in [3.05, 3.63) is 63.8 Å². The molecule has 2 aromatic rings. The molecule has 23 heavy (non-hydrogen) atoms. The Kier molecular flexibility index (Phi) is 4.91. The van der Waals surface area contributed by atoms with Crippen LogP contribution in [0.4, 0.5) is 0 Å². The summed E-state index contributed by atoms with van der Waals surface area (Å²) in [7, 11) is 0. The summed E-state index contributed by atoms with van der Waals surface area (Å²) < 4.78 is 0. The highest BCUT2D eigenvalue weighted by atomic mass is 16.1. The summed E-state index contributed by atoms with van der Waals surface area (Å²) in [6.45, 7) is 7.40. The first kappa shape index (κ1) is 15.9. The molecule has 1 aliphatic heterocycles. The van der Waals surface area contributed by atoms with Crippen LogP contribution in [0.25, 0.3) is 0 Å². The molecule has 0 bridgehead atoms. The van der Waals surface area contributed by atoms with Gasteiger partial charge in [-0.2, -0.15) is 0 Å². The van der Waals surface area contributed by atoms with E-state index < -0.39 is 0 Å². The lowest BCUT2D eigenvalue weighted by atomic mass is 9.92. The molecule has 0 saturated carbocycles. The molecule has 1 saturated heterocycles. The standard InChI is InChI=1S/C19H25N3O/c1-14(16-6-4-3-5-7-16)13-22-10-8-17(9-11-22)18-12-19(23)21-15(2)20-18/h3-7,12,14,17H,8-11,13H2,1-2H3,(H,20,21,23)/t14-/m1/s1. The van der Waals surface area contributed by atoms with Gasteiger partial charge in [-0.05, 0) is 44.3 Å². The largest absolute Gasteiger partial charge is 0.311 e. The maximum absolute atomic E-state index is 11.6. The Morgan fingerprint density at radius 1 is 1.26 bits per heavy atom. The van der Waals surface area contributed by atoms with Gasteiger partial charge in [0.1, 0.15) is 5.82 Å². The molecule has 1 aliphatic rings. The molecule has 3 rings (SSSR count). The smallest absolute Gasteiger partial charge is 0.251 e. The van der Waals surface area contributed by atoms with Crippen LogP contribution >= 0.6 is 0 Å². The van der Waals surface area contributed by atoms with Crippen LogP contribution in [0.15, 0.2) is 41.2 Å². The summed E-state index contributed by atoms with van der Waals surface area (Å²) in [5.74, 6) is 1.68. The number of nitrogens with one attached hydrogen (secondary N) is 1. The van der Waals surface area contributed by atoms with Crippen molar-refractivity contribution in [1.82, 2.24) is 14.9 Å². The van der Waals surface area contributed by atoms with E-state index in [1.165, 1.54) is 5.56 Å². The van der Waals surface area contributed by atoms with E-state index in [0.29, 0.717) is 17.7 Å². The van der Waals surface area contributed by atoms with Crippen molar-refractivity contribution in [3.63, 3.8) is 0 Å². The normalized spacial score (nSPS) is 18.0. The monoisotopic (exact) mass is 311 g/mol. The predicted molar refractivity (Wildman–Crippen MR) is 92.9 cm³/mol. The van der Waals surface area contributed by atoms with Crippen LogP contribution in [0, 0.1) is 6.92 Å². The van der Waals surface area contributed by atoms with Crippen molar-refractivity contribution in [3.8, 4) is 0 Å². The third-order valence-electron chi connectivity index (χ3n) is 4.79.